The van der Waals surface area contributed by atoms with E-state index in [1.807, 2.05) is 13.8 Å². The summed E-state index contributed by atoms with van der Waals surface area (Å²) in [6.07, 6.45) is 6.45. The molecule has 38 heavy (non-hydrogen) atoms. The molecule has 206 valence electrons. The number of carbonyl (C=O) groups is 2. The molecule has 8 rings (SSSR count). The van der Waals surface area contributed by atoms with Crippen LogP contribution < -0.4 is 0 Å². The summed E-state index contributed by atoms with van der Waals surface area (Å²) in [5.74, 6) is -2.59. The van der Waals surface area contributed by atoms with E-state index in [1.165, 1.54) is 0 Å². The van der Waals surface area contributed by atoms with Crippen molar-refractivity contribution in [2.75, 3.05) is 19.8 Å². The van der Waals surface area contributed by atoms with Gasteiger partial charge in [0.2, 0.25) is 0 Å². The van der Waals surface area contributed by atoms with Crippen LogP contribution in [-0.2, 0) is 23.8 Å². The van der Waals surface area contributed by atoms with Crippen LogP contribution in [-0.4, -0.2) is 70.3 Å². The van der Waals surface area contributed by atoms with Gasteiger partial charge in [-0.25, -0.2) is 0 Å². The number of hydrogen-bond acceptors (Lipinski definition) is 8. The molecule has 0 aromatic heterocycles. The zero-order valence-corrected chi connectivity index (χ0v) is 22.7. The average Bonchev–Trinajstić information content (AvgIpc) is 3.45. The molecule has 5 saturated heterocycles. The first-order valence-electron chi connectivity index (χ1n) is 14.5. The van der Waals surface area contributed by atoms with Crippen molar-refractivity contribution < 1.29 is 34.0 Å². The van der Waals surface area contributed by atoms with Crippen molar-refractivity contribution in [3.8, 4) is 0 Å². The van der Waals surface area contributed by atoms with Crippen molar-refractivity contribution in [3.63, 3.8) is 0 Å². The molecule has 3 aliphatic carbocycles. The number of ketones is 1. The third-order valence-electron chi connectivity index (χ3n) is 12.6. The summed E-state index contributed by atoms with van der Waals surface area (Å²) < 4.78 is 18.9. The maximum Gasteiger partial charge on any atom is 0.306 e. The van der Waals surface area contributed by atoms with Crippen molar-refractivity contribution >= 4 is 11.8 Å². The van der Waals surface area contributed by atoms with Crippen LogP contribution in [0, 0.1) is 45.8 Å². The van der Waals surface area contributed by atoms with Crippen LogP contribution in [0.1, 0.15) is 59.8 Å². The van der Waals surface area contributed by atoms with Crippen LogP contribution in [0.2, 0.25) is 0 Å². The predicted molar refractivity (Wildman–Crippen MR) is 134 cm³/mol. The van der Waals surface area contributed by atoms with Crippen LogP contribution >= 0.6 is 0 Å². The molecule has 4 bridgehead atoms. The van der Waals surface area contributed by atoms with Crippen molar-refractivity contribution in [3.05, 3.63) is 23.4 Å². The summed E-state index contributed by atoms with van der Waals surface area (Å²) in [5.41, 5.74) is -0.683. The number of aliphatic hydroxyl groups excluding tert-OH is 1. The molecule has 6 fully saturated rings. The second-order valence-electron chi connectivity index (χ2n) is 14.4. The number of ether oxygens (including phenoxy) is 3. The summed E-state index contributed by atoms with van der Waals surface area (Å²) in [4.78, 5) is 28.8. The standard InChI is InChI=1S/C30H39NO7/c1-15-6-19-24(20(32)7-15)17(3)30(35)25-27(19,13-37-30)9-21-26(4,28(25)11-23(34)36-14-28)10-22(33)29-8-16(2)5-18(38-29)12-31(21)29/h7,9,16-19,22,24-25,33,35H,5-6,8,10-14H2,1-4H3/t16-,17+,18+,19+,22+,24-,25-,26+,27+,28+,29+,30?/m0/s1. The molecule has 8 aliphatic rings. The lowest BCUT2D eigenvalue weighted by Gasteiger charge is -2.69. The van der Waals surface area contributed by atoms with Gasteiger partial charge in [0.05, 0.1) is 25.7 Å². The van der Waals surface area contributed by atoms with Gasteiger partial charge in [0.1, 0.15) is 6.10 Å². The van der Waals surface area contributed by atoms with E-state index in [0.717, 1.165) is 30.5 Å². The van der Waals surface area contributed by atoms with E-state index in [4.69, 9.17) is 14.2 Å². The summed E-state index contributed by atoms with van der Waals surface area (Å²) in [5, 5.41) is 24.3. The van der Waals surface area contributed by atoms with E-state index in [-0.39, 0.29) is 42.7 Å². The van der Waals surface area contributed by atoms with Crippen LogP contribution in [0.5, 0.6) is 0 Å². The summed E-state index contributed by atoms with van der Waals surface area (Å²) >= 11 is 0. The fourth-order valence-electron chi connectivity index (χ4n) is 11.2. The number of fused-ring (bicyclic) bond motifs is 5. The van der Waals surface area contributed by atoms with Gasteiger partial charge in [0.25, 0.3) is 0 Å². The quantitative estimate of drug-likeness (QED) is 0.465. The van der Waals surface area contributed by atoms with Gasteiger partial charge in [-0.15, -0.1) is 0 Å². The highest BCUT2D eigenvalue weighted by atomic mass is 16.6. The first-order chi connectivity index (χ1) is 17.9. The Hall–Kier alpha value is -1.74. The number of aliphatic hydroxyl groups is 2. The van der Waals surface area contributed by atoms with Gasteiger partial charge in [-0.1, -0.05) is 32.4 Å². The van der Waals surface area contributed by atoms with E-state index in [1.54, 1.807) is 6.08 Å². The summed E-state index contributed by atoms with van der Waals surface area (Å²) in [6, 6.07) is 0. The van der Waals surface area contributed by atoms with E-state index >= 15 is 0 Å². The number of cyclic esters (lactones) is 1. The molecular formula is C30H39NO7. The molecule has 1 unspecified atom stereocenters. The smallest absolute Gasteiger partial charge is 0.306 e. The summed E-state index contributed by atoms with van der Waals surface area (Å²) in [7, 11) is 0. The average molecular weight is 526 g/mol. The Kier molecular flexibility index (Phi) is 4.40. The molecule has 2 N–H and O–H groups in total. The minimum Gasteiger partial charge on any atom is -0.465 e. The molecule has 0 radical (unpaired) electrons. The maximum absolute atomic E-state index is 13.5. The Labute approximate surface area is 223 Å². The van der Waals surface area contributed by atoms with Gasteiger partial charge in [-0.3, -0.25) is 9.59 Å². The monoisotopic (exact) mass is 525 g/mol. The second-order valence-corrected chi connectivity index (χ2v) is 14.4. The van der Waals surface area contributed by atoms with Crippen LogP contribution in [0.15, 0.2) is 23.4 Å². The molecule has 0 aromatic rings. The first-order valence-corrected chi connectivity index (χ1v) is 14.5. The van der Waals surface area contributed by atoms with Crippen LogP contribution in [0.4, 0.5) is 0 Å². The molecular weight excluding hydrogens is 486 g/mol. The molecule has 1 saturated carbocycles. The number of nitrogens with zero attached hydrogens (tertiary/aromatic N) is 1. The van der Waals surface area contributed by atoms with Crippen LogP contribution in [0.25, 0.3) is 0 Å². The zero-order chi connectivity index (χ0) is 26.6. The minimum absolute atomic E-state index is 0.0432. The van der Waals surface area contributed by atoms with Gasteiger partial charge in [0, 0.05) is 52.7 Å². The molecule has 12 atom stereocenters. The number of piperidine rings is 1. The largest absolute Gasteiger partial charge is 0.465 e. The summed E-state index contributed by atoms with van der Waals surface area (Å²) in [6.45, 7) is 9.53. The molecule has 5 aliphatic heterocycles. The fourth-order valence-corrected chi connectivity index (χ4v) is 11.2. The Morgan fingerprint density at radius 2 is 1.95 bits per heavy atom. The van der Waals surface area contributed by atoms with Crippen LogP contribution in [0.3, 0.4) is 0 Å². The van der Waals surface area contributed by atoms with Gasteiger partial charge in [-0.2, -0.15) is 0 Å². The highest BCUT2D eigenvalue weighted by Gasteiger charge is 2.82. The number of allylic oxidation sites excluding steroid dienone is 3. The van der Waals surface area contributed by atoms with Gasteiger partial charge < -0.3 is 29.3 Å². The zero-order valence-electron chi connectivity index (χ0n) is 22.7. The lowest BCUT2D eigenvalue weighted by Crippen LogP contribution is -2.73. The highest BCUT2D eigenvalue weighted by molar-refractivity contribution is 5.94. The Balaban J connectivity index is 1.41. The third kappa shape index (κ3) is 2.42. The lowest BCUT2D eigenvalue weighted by molar-refractivity contribution is -0.300. The van der Waals surface area contributed by atoms with E-state index in [0.29, 0.717) is 25.5 Å². The fraction of sp³-hybridized carbons (Fsp3) is 0.800. The molecule has 8 heteroatoms. The van der Waals surface area contributed by atoms with Gasteiger partial charge in [0.15, 0.2) is 17.3 Å². The maximum atomic E-state index is 13.5. The lowest BCUT2D eigenvalue weighted by atomic mass is 9.37. The molecule has 0 amide bonds. The molecule has 2 spiro atoms. The minimum atomic E-state index is -1.57. The third-order valence-corrected chi connectivity index (χ3v) is 12.6. The number of esters is 1. The van der Waals surface area contributed by atoms with Crippen molar-refractivity contribution in [1.29, 1.82) is 0 Å². The Morgan fingerprint density at radius 3 is 2.68 bits per heavy atom. The Morgan fingerprint density at radius 1 is 1.16 bits per heavy atom. The van der Waals surface area contributed by atoms with Crippen molar-refractivity contribution in [2.24, 2.45) is 45.8 Å². The predicted octanol–water partition coefficient (Wildman–Crippen LogP) is 2.54. The number of rotatable bonds is 0. The van der Waals surface area contributed by atoms with Crippen molar-refractivity contribution in [1.82, 2.24) is 4.90 Å². The van der Waals surface area contributed by atoms with E-state index in [2.05, 4.69) is 24.8 Å². The van der Waals surface area contributed by atoms with E-state index < -0.39 is 45.7 Å². The van der Waals surface area contributed by atoms with E-state index in [9.17, 15) is 19.8 Å². The van der Waals surface area contributed by atoms with Gasteiger partial charge in [-0.05, 0) is 44.1 Å². The topological polar surface area (TPSA) is 106 Å². The van der Waals surface area contributed by atoms with Crippen molar-refractivity contribution in [2.45, 2.75) is 83.5 Å². The number of hydrogen-bond donors (Lipinski definition) is 2. The SMILES string of the molecule is CC1=CC(=O)[C@H]2[C@@H](C)C3(O)OC[C@]4(C=C5N6C[C@H]7C[C@H](C)C[C@@]6(O7)[C@H](O)C[C@@]5(C)[C@]5(COC(=O)C5)[C@@H]34)[C@@H]2C1. The molecule has 5 heterocycles. The van der Waals surface area contributed by atoms with Gasteiger partial charge >= 0.3 is 5.97 Å². The highest BCUT2D eigenvalue weighted by Crippen LogP contribution is 2.78. The normalized spacial score (nSPS) is 58.1. The number of carbonyl (C=O) groups excluding carboxylic acids is 2. The molecule has 0 aromatic carbocycles. The second kappa shape index (κ2) is 6.93. The molecule has 8 nitrogen and oxygen atoms in total. The first kappa shape index (κ1) is 24.1. The Bertz CT molecular complexity index is 1230.